The van der Waals surface area contributed by atoms with Crippen molar-refractivity contribution in [2.45, 2.75) is 31.3 Å². The van der Waals surface area contributed by atoms with Gasteiger partial charge in [-0.15, -0.1) is 0 Å². The molecule has 2 bridgehead atoms. The standard InChI is InChI=1S/C16H15ClN4O/c17-10-1-3-11(4-2-10)20-16(22)21-12-5-6-15(21)13-8-18-9-19-14(13)7-12/h1-4,8-9,12,15H,5-7H2,(H,20,22). The van der Waals surface area contributed by atoms with Gasteiger partial charge in [0.2, 0.25) is 0 Å². The number of halogens is 1. The fourth-order valence-electron chi connectivity index (χ4n) is 3.46. The summed E-state index contributed by atoms with van der Waals surface area (Å²) < 4.78 is 0. The normalized spacial score (nSPS) is 22.3. The summed E-state index contributed by atoms with van der Waals surface area (Å²) >= 11 is 5.87. The lowest BCUT2D eigenvalue weighted by atomic mass is 10.00. The Labute approximate surface area is 133 Å². The Kier molecular flexibility index (Phi) is 3.22. The van der Waals surface area contributed by atoms with E-state index < -0.39 is 0 Å². The fraction of sp³-hybridized carbons (Fsp3) is 0.312. The molecule has 5 nitrogen and oxygen atoms in total. The first kappa shape index (κ1) is 13.5. The van der Waals surface area contributed by atoms with Crippen molar-refractivity contribution < 1.29 is 4.79 Å². The zero-order chi connectivity index (χ0) is 15.1. The van der Waals surface area contributed by atoms with Gasteiger partial charge in [0.05, 0.1) is 11.7 Å². The largest absolute Gasteiger partial charge is 0.322 e. The second-order valence-corrected chi connectivity index (χ2v) is 6.16. The Hall–Kier alpha value is -2.14. The predicted molar refractivity (Wildman–Crippen MR) is 83.8 cm³/mol. The Bertz CT molecular complexity index is 718. The molecule has 2 amide bonds. The molecule has 1 saturated heterocycles. The van der Waals surface area contributed by atoms with Gasteiger partial charge in [0.1, 0.15) is 6.33 Å². The molecule has 0 radical (unpaired) electrons. The maximum absolute atomic E-state index is 12.7. The lowest BCUT2D eigenvalue weighted by Crippen LogP contribution is -2.44. The monoisotopic (exact) mass is 314 g/mol. The van der Waals surface area contributed by atoms with Crippen LogP contribution < -0.4 is 5.32 Å². The van der Waals surface area contributed by atoms with Gasteiger partial charge < -0.3 is 10.2 Å². The average Bonchev–Trinajstić information content (AvgIpc) is 2.85. The van der Waals surface area contributed by atoms with Crippen molar-refractivity contribution in [2.75, 3.05) is 5.32 Å². The predicted octanol–water partition coefficient (Wildman–Crippen LogP) is 3.42. The average molecular weight is 315 g/mol. The van der Waals surface area contributed by atoms with E-state index in [0.717, 1.165) is 36.2 Å². The van der Waals surface area contributed by atoms with Gasteiger partial charge in [-0.05, 0) is 37.1 Å². The molecule has 1 N–H and O–H groups in total. The number of hydrogen-bond donors (Lipinski definition) is 1. The molecule has 4 rings (SSSR count). The van der Waals surface area contributed by atoms with E-state index in [-0.39, 0.29) is 18.1 Å². The molecular formula is C16H15ClN4O. The summed E-state index contributed by atoms with van der Waals surface area (Å²) in [5, 5.41) is 3.61. The van der Waals surface area contributed by atoms with Gasteiger partial charge >= 0.3 is 6.03 Å². The number of rotatable bonds is 1. The zero-order valence-corrected chi connectivity index (χ0v) is 12.6. The third-order valence-electron chi connectivity index (χ3n) is 4.45. The minimum absolute atomic E-state index is 0.0654. The fourth-order valence-corrected chi connectivity index (χ4v) is 3.58. The molecule has 0 saturated carbocycles. The highest BCUT2D eigenvalue weighted by molar-refractivity contribution is 6.30. The lowest BCUT2D eigenvalue weighted by Gasteiger charge is -2.35. The van der Waals surface area contributed by atoms with Crippen LogP contribution >= 0.6 is 11.6 Å². The van der Waals surface area contributed by atoms with Gasteiger partial charge in [-0.3, -0.25) is 0 Å². The van der Waals surface area contributed by atoms with Crippen molar-refractivity contribution in [2.24, 2.45) is 0 Å². The Balaban J connectivity index is 1.58. The Morgan fingerprint density at radius 3 is 2.91 bits per heavy atom. The van der Waals surface area contributed by atoms with E-state index >= 15 is 0 Å². The number of fused-ring (bicyclic) bond motifs is 4. The molecule has 0 spiro atoms. The maximum Gasteiger partial charge on any atom is 0.322 e. The summed E-state index contributed by atoms with van der Waals surface area (Å²) in [6.07, 6.45) is 6.22. The van der Waals surface area contributed by atoms with Crippen molar-refractivity contribution >= 4 is 23.3 Å². The van der Waals surface area contributed by atoms with Crippen molar-refractivity contribution in [1.82, 2.24) is 14.9 Å². The summed E-state index contributed by atoms with van der Waals surface area (Å²) in [4.78, 5) is 23.1. The van der Waals surface area contributed by atoms with E-state index in [1.54, 1.807) is 18.5 Å². The van der Waals surface area contributed by atoms with E-state index in [9.17, 15) is 4.79 Å². The molecular weight excluding hydrogens is 300 g/mol. The first-order valence-corrected chi connectivity index (χ1v) is 7.74. The van der Waals surface area contributed by atoms with Gasteiger partial charge in [-0.1, -0.05) is 11.6 Å². The highest BCUT2D eigenvalue weighted by atomic mass is 35.5. The first-order chi connectivity index (χ1) is 10.7. The van der Waals surface area contributed by atoms with Crippen molar-refractivity contribution in [3.63, 3.8) is 0 Å². The first-order valence-electron chi connectivity index (χ1n) is 7.36. The van der Waals surface area contributed by atoms with E-state index in [4.69, 9.17) is 11.6 Å². The molecule has 112 valence electrons. The van der Waals surface area contributed by atoms with Gasteiger partial charge in [-0.25, -0.2) is 14.8 Å². The highest BCUT2D eigenvalue weighted by Crippen LogP contribution is 2.42. The highest BCUT2D eigenvalue weighted by Gasteiger charge is 2.43. The molecule has 0 aliphatic carbocycles. The molecule has 2 aromatic rings. The second kappa shape index (κ2) is 5.25. The van der Waals surface area contributed by atoms with Crippen LogP contribution in [0.1, 0.15) is 30.1 Å². The minimum Gasteiger partial charge on any atom is -0.314 e. The number of amides is 2. The van der Waals surface area contributed by atoms with Gasteiger partial charge in [0.15, 0.2) is 0 Å². The lowest BCUT2D eigenvalue weighted by molar-refractivity contribution is 0.178. The molecule has 3 heterocycles. The van der Waals surface area contributed by atoms with Crippen LogP contribution in [0.4, 0.5) is 10.5 Å². The van der Waals surface area contributed by atoms with Crippen LogP contribution in [0.5, 0.6) is 0 Å². The third kappa shape index (κ3) is 2.22. The molecule has 2 aliphatic rings. The number of carbonyl (C=O) groups excluding carboxylic acids is 1. The van der Waals surface area contributed by atoms with Crippen LogP contribution in [0.25, 0.3) is 0 Å². The summed E-state index contributed by atoms with van der Waals surface area (Å²) in [6.45, 7) is 0. The van der Waals surface area contributed by atoms with Crippen molar-refractivity contribution in [3.8, 4) is 0 Å². The molecule has 6 heteroatoms. The third-order valence-corrected chi connectivity index (χ3v) is 4.70. The molecule has 1 aromatic carbocycles. The quantitative estimate of drug-likeness (QED) is 0.877. The molecule has 2 unspecified atom stereocenters. The van der Waals surface area contributed by atoms with E-state index in [1.165, 1.54) is 0 Å². The SMILES string of the molecule is O=C(Nc1ccc(Cl)cc1)N1C2CCC1c1cncnc1C2. The molecule has 22 heavy (non-hydrogen) atoms. The van der Waals surface area contributed by atoms with Crippen LogP contribution in [0.15, 0.2) is 36.8 Å². The summed E-state index contributed by atoms with van der Waals surface area (Å²) in [7, 11) is 0. The number of carbonyl (C=O) groups is 1. The molecule has 2 aliphatic heterocycles. The van der Waals surface area contributed by atoms with E-state index in [1.807, 2.05) is 23.2 Å². The summed E-state index contributed by atoms with van der Waals surface area (Å²) in [6, 6.07) is 7.40. The van der Waals surface area contributed by atoms with Crippen LogP contribution in [0, 0.1) is 0 Å². The van der Waals surface area contributed by atoms with Crippen molar-refractivity contribution in [3.05, 3.63) is 53.1 Å². The number of nitrogens with one attached hydrogen (secondary N) is 1. The van der Waals surface area contributed by atoms with Crippen LogP contribution in [0.2, 0.25) is 5.02 Å². The zero-order valence-electron chi connectivity index (χ0n) is 11.9. The Morgan fingerprint density at radius 2 is 2.09 bits per heavy atom. The van der Waals surface area contributed by atoms with Gasteiger partial charge in [0, 0.05) is 34.9 Å². The van der Waals surface area contributed by atoms with E-state index in [0.29, 0.717) is 5.02 Å². The number of anilines is 1. The molecule has 1 aromatic heterocycles. The molecule has 2 atom stereocenters. The minimum atomic E-state index is -0.0654. The van der Waals surface area contributed by atoms with Crippen LogP contribution in [0.3, 0.4) is 0 Å². The number of urea groups is 1. The number of nitrogens with zero attached hydrogens (tertiary/aromatic N) is 3. The Morgan fingerprint density at radius 1 is 1.27 bits per heavy atom. The van der Waals surface area contributed by atoms with Crippen LogP contribution in [-0.4, -0.2) is 26.9 Å². The molecule has 1 fully saturated rings. The number of benzene rings is 1. The number of hydrogen-bond acceptors (Lipinski definition) is 3. The smallest absolute Gasteiger partial charge is 0.314 e. The van der Waals surface area contributed by atoms with E-state index in [2.05, 4.69) is 15.3 Å². The summed E-state index contributed by atoms with van der Waals surface area (Å²) in [5.74, 6) is 0. The van der Waals surface area contributed by atoms with Crippen molar-refractivity contribution in [1.29, 1.82) is 0 Å². The maximum atomic E-state index is 12.7. The van der Waals surface area contributed by atoms with Gasteiger partial charge in [-0.2, -0.15) is 0 Å². The number of aromatic nitrogens is 2. The van der Waals surface area contributed by atoms with Gasteiger partial charge in [0.25, 0.3) is 0 Å². The summed E-state index contributed by atoms with van der Waals surface area (Å²) in [5.41, 5.74) is 2.92. The topological polar surface area (TPSA) is 58.1 Å². The van der Waals surface area contributed by atoms with Crippen LogP contribution in [-0.2, 0) is 6.42 Å². The second-order valence-electron chi connectivity index (χ2n) is 5.72.